The number of anilines is 1. The molecule has 0 saturated carbocycles. The van der Waals surface area contributed by atoms with Gasteiger partial charge in [-0.3, -0.25) is 4.79 Å². The van der Waals surface area contributed by atoms with Gasteiger partial charge in [-0.25, -0.2) is 0 Å². The maximum absolute atomic E-state index is 13.0. The summed E-state index contributed by atoms with van der Waals surface area (Å²) in [6, 6.07) is 20.2. The predicted molar refractivity (Wildman–Crippen MR) is 111 cm³/mol. The van der Waals surface area contributed by atoms with Gasteiger partial charge >= 0.3 is 0 Å². The molecule has 0 aromatic heterocycles. The summed E-state index contributed by atoms with van der Waals surface area (Å²) in [5.41, 5.74) is 5.46. The summed E-state index contributed by atoms with van der Waals surface area (Å²) in [6.07, 6.45) is 7.69. The van der Waals surface area contributed by atoms with Gasteiger partial charge < -0.3 is 10.2 Å². The number of nitrogens with one attached hydrogen (secondary N) is 1. The minimum absolute atomic E-state index is 0.0400. The third-order valence-electron chi connectivity index (χ3n) is 5.35. The third-order valence-corrected chi connectivity index (χ3v) is 5.35. The Morgan fingerprint density at radius 3 is 2.22 bits per heavy atom. The first kappa shape index (κ1) is 17.6. The van der Waals surface area contributed by atoms with E-state index >= 15 is 0 Å². The van der Waals surface area contributed by atoms with Crippen LogP contribution in [0, 0.1) is 0 Å². The van der Waals surface area contributed by atoms with E-state index in [1.54, 1.807) is 0 Å². The normalized spacial score (nSPS) is 18.8. The van der Waals surface area contributed by atoms with E-state index in [0.717, 1.165) is 37.2 Å². The quantitative estimate of drug-likeness (QED) is 0.810. The Morgan fingerprint density at radius 1 is 0.852 bits per heavy atom. The van der Waals surface area contributed by atoms with E-state index in [1.807, 2.05) is 36.4 Å². The molecule has 2 aliphatic rings. The number of rotatable bonds is 4. The van der Waals surface area contributed by atoms with Gasteiger partial charge in [0.25, 0.3) is 5.91 Å². The van der Waals surface area contributed by atoms with Crippen LogP contribution in [0.5, 0.6) is 0 Å². The van der Waals surface area contributed by atoms with Crippen LogP contribution in [0.1, 0.15) is 37.7 Å². The number of benzene rings is 2. The van der Waals surface area contributed by atoms with Gasteiger partial charge in [-0.1, -0.05) is 48.5 Å². The lowest BCUT2D eigenvalue weighted by Gasteiger charge is -2.31. The molecule has 1 heterocycles. The molecule has 1 saturated heterocycles. The zero-order chi connectivity index (χ0) is 18.5. The molecule has 2 aromatic carbocycles. The van der Waals surface area contributed by atoms with Crippen molar-refractivity contribution >= 4 is 17.7 Å². The second kappa shape index (κ2) is 8.26. The molecule has 0 spiro atoms. The van der Waals surface area contributed by atoms with Crippen molar-refractivity contribution in [2.45, 2.75) is 32.1 Å². The van der Waals surface area contributed by atoms with Crippen LogP contribution in [-0.4, -0.2) is 23.9 Å². The molecule has 0 bridgehead atoms. The summed E-state index contributed by atoms with van der Waals surface area (Å²) in [5, 5.41) is 3.09. The zero-order valence-electron chi connectivity index (χ0n) is 15.7. The number of carbonyl (C=O) groups excluding carboxylic acids is 1. The highest BCUT2D eigenvalue weighted by atomic mass is 16.1. The van der Waals surface area contributed by atoms with Crippen molar-refractivity contribution in [2.75, 3.05) is 18.4 Å². The van der Waals surface area contributed by atoms with E-state index in [-0.39, 0.29) is 5.91 Å². The van der Waals surface area contributed by atoms with Crippen molar-refractivity contribution < 1.29 is 4.79 Å². The average molecular weight is 358 g/mol. The highest BCUT2D eigenvalue weighted by molar-refractivity contribution is 6.05. The fraction of sp³-hybridized carbons (Fsp3) is 0.292. The molecule has 138 valence electrons. The van der Waals surface area contributed by atoms with Gasteiger partial charge in [-0.2, -0.15) is 0 Å². The molecule has 2 aromatic rings. The lowest BCUT2D eigenvalue weighted by atomic mass is 10.0. The maximum Gasteiger partial charge on any atom is 0.253 e. The Hall–Kier alpha value is -2.81. The monoisotopic (exact) mass is 358 g/mol. The standard InChI is InChI=1S/C24H26N2O/c27-24(25-21-12-6-2-7-13-21)22-15-14-20(18-19-10-4-1-5-11-19)23(22)26-16-8-3-9-17-26/h1-2,4-7,10-13,18H,3,8-9,14-17H2,(H,25,27). The molecule has 1 N–H and O–H groups in total. The van der Waals surface area contributed by atoms with Crippen LogP contribution in [0.2, 0.25) is 0 Å². The van der Waals surface area contributed by atoms with Crippen molar-refractivity contribution in [2.24, 2.45) is 0 Å². The molecule has 0 unspecified atom stereocenters. The van der Waals surface area contributed by atoms with Crippen molar-refractivity contribution in [1.82, 2.24) is 4.90 Å². The number of piperidine rings is 1. The summed E-state index contributed by atoms with van der Waals surface area (Å²) in [4.78, 5) is 15.5. The van der Waals surface area contributed by atoms with Crippen LogP contribution in [0.15, 0.2) is 77.5 Å². The number of hydrogen-bond acceptors (Lipinski definition) is 2. The molecule has 3 nitrogen and oxygen atoms in total. The van der Waals surface area contributed by atoms with E-state index in [2.05, 4.69) is 40.6 Å². The largest absolute Gasteiger partial charge is 0.371 e. The molecule has 1 amide bonds. The van der Waals surface area contributed by atoms with Crippen LogP contribution < -0.4 is 5.32 Å². The summed E-state index contributed by atoms with van der Waals surface area (Å²) in [6.45, 7) is 2.09. The van der Waals surface area contributed by atoms with Crippen LogP contribution in [-0.2, 0) is 4.79 Å². The number of likely N-dealkylation sites (tertiary alicyclic amines) is 1. The zero-order valence-corrected chi connectivity index (χ0v) is 15.7. The first-order valence-corrected chi connectivity index (χ1v) is 9.92. The first-order valence-electron chi connectivity index (χ1n) is 9.92. The maximum atomic E-state index is 13.0. The Bertz CT molecular complexity index is 846. The minimum atomic E-state index is 0.0400. The van der Waals surface area contributed by atoms with Gasteiger partial charge in [-0.15, -0.1) is 0 Å². The molecule has 27 heavy (non-hydrogen) atoms. The lowest BCUT2D eigenvalue weighted by Crippen LogP contribution is -2.31. The van der Waals surface area contributed by atoms with E-state index in [9.17, 15) is 4.79 Å². The number of hydrogen-bond donors (Lipinski definition) is 1. The fourth-order valence-electron chi connectivity index (χ4n) is 4.04. The minimum Gasteiger partial charge on any atom is -0.371 e. The average Bonchev–Trinajstić information content (AvgIpc) is 3.14. The van der Waals surface area contributed by atoms with Gasteiger partial charge in [0.15, 0.2) is 0 Å². The second-order valence-electron chi connectivity index (χ2n) is 7.28. The Balaban J connectivity index is 1.67. The Kier molecular flexibility index (Phi) is 5.38. The van der Waals surface area contributed by atoms with Crippen LogP contribution in [0.25, 0.3) is 6.08 Å². The van der Waals surface area contributed by atoms with Crippen molar-refractivity contribution in [1.29, 1.82) is 0 Å². The summed E-state index contributed by atoms with van der Waals surface area (Å²) >= 11 is 0. The smallest absolute Gasteiger partial charge is 0.253 e. The van der Waals surface area contributed by atoms with Gasteiger partial charge in [-0.05, 0) is 61.4 Å². The van der Waals surface area contributed by atoms with Crippen molar-refractivity contribution in [3.8, 4) is 0 Å². The first-order chi connectivity index (χ1) is 13.3. The topological polar surface area (TPSA) is 32.3 Å². The van der Waals surface area contributed by atoms with E-state index < -0.39 is 0 Å². The molecular formula is C24H26N2O. The van der Waals surface area contributed by atoms with Gasteiger partial charge in [0, 0.05) is 30.0 Å². The SMILES string of the molecule is O=C(Nc1ccccc1)C1=C(N2CCCCC2)C(=Cc2ccccc2)CC1. The third kappa shape index (κ3) is 4.13. The number of amides is 1. The van der Waals surface area contributed by atoms with Gasteiger partial charge in [0.1, 0.15) is 0 Å². The second-order valence-corrected chi connectivity index (χ2v) is 7.28. The van der Waals surface area contributed by atoms with Gasteiger partial charge in [0.05, 0.1) is 0 Å². The van der Waals surface area contributed by atoms with E-state index in [1.165, 1.54) is 36.1 Å². The highest BCUT2D eigenvalue weighted by Crippen LogP contribution is 2.37. The van der Waals surface area contributed by atoms with E-state index in [4.69, 9.17) is 0 Å². The molecule has 1 aliphatic heterocycles. The van der Waals surface area contributed by atoms with E-state index in [0.29, 0.717) is 0 Å². The number of carbonyl (C=O) groups is 1. The Labute approximate surface area is 161 Å². The van der Waals surface area contributed by atoms with Crippen molar-refractivity contribution in [3.63, 3.8) is 0 Å². The number of para-hydroxylation sites is 1. The van der Waals surface area contributed by atoms with Gasteiger partial charge in [0.2, 0.25) is 0 Å². The van der Waals surface area contributed by atoms with Crippen LogP contribution >= 0.6 is 0 Å². The Morgan fingerprint density at radius 2 is 1.52 bits per heavy atom. The number of nitrogens with zero attached hydrogens (tertiary/aromatic N) is 1. The van der Waals surface area contributed by atoms with Crippen LogP contribution in [0.4, 0.5) is 5.69 Å². The number of allylic oxidation sites excluding steroid dienone is 1. The molecule has 0 radical (unpaired) electrons. The van der Waals surface area contributed by atoms with Crippen molar-refractivity contribution in [3.05, 3.63) is 83.1 Å². The molecule has 0 atom stereocenters. The molecule has 1 fully saturated rings. The molecule has 3 heteroatoms. The molecule has 4 rings (SSSR count). The van der Waals surface area contributed by atoms with Crippen LogP contribution in [0.3, 0.4) is 0 Å². The molecule has 1 aliphatic carbocycles. The summed E-state index contributed by atoms with van der Waals surface area (Å²) < 4.78 is 0. The fourth-order valence-corrected chi connectivity index (χ4v) is 4.04. The predicted octanol–water partition coefficient (Wildman–Crippen LogP) is 5.24. The highest BCUT2D eigenvalue weighted by Gasteiger charge is 2.29. The lowest BCUT2D eigenvalue weighted by molar-refractivity contribution is -0.113. The molecular weight excluding hydrogens is 332 g/mol. The summed E-state index contributed by atoms with van der Waals surface area (Å²) in [5.74, 6) is 0.0400. The summed E-state index contributed by atoms with van der Waals surface area (Å²) in [7, 11) is 0.